The van der Waals surface area contributed by atoms with Crippen LogP contribution in [0.3, 0.4) is 0 Å². The molecule has 0 amide bonds. The van der Waals surface area contributed by atoms with Gasteiger partial charge in [-0.3, -0.25) is 4.98 Å². The zero-order valence-corrected chi connectivity index (χ0v) is 11.1. The van der Waals surface area contributed by atoms with E-state index in [1.165, 1.54) is 0 Å². The molecule has 0 aliphatic carbocycles. The van der Waals surface area contributed by atoms with Crippen LogP contribution < -0.4 is 10.1 Å². The van der Waals surface area contributed by atoms with Gasteiger partial charge in [-0.1, -0.05) is 12.1 Å². The van der Waals surface area contributed by atoms with Crippen molar-refractivity contribution in [2.45, 2.75) is 19.6 Å². The van der Waals surface area contributed by atoms with Crippen LogP contribution in [0.25, 0.3) is 0 Å². The van der Waals surface area contributed by atoms with Gasteiger partial charge in [-0.05, 0) is 43.8 Å². The molecule has 2 aromatic rings. The lowest BCUT2D eigenvalue weighted by atomic mass is 10.2. The minimum Gasteiger partial charge on any atom is -0.456 e. The summed E-state index contributed by atoms with van der Waals surface area (Å²) in [6.07, 6.45) is 1.71. The highest BCUT2D eigenvalue weighted by molar-refractivity contribution is 5.32. The Morgan fingerprint density at radius 3 is 2.37 bits per heavy atom. The molecule has 4 heteroatoms. The highest BCUT2D eigenvalue weighted by Crippen LogP contribution is 2.22. The van der Waals surface area contributed by atoms with E-state index in [1.54, 1.807) is 6.20 Å². The molecule has 19 heavy (non-hydrogen) atoms. The molecule has 1 heterocycles. The summed E-state index contributed by atoms with van der Waals surface area (Å²) in [6.45, 7) is 2.09. The lowest BCUT2D eigenvalue weighted by molar-refractivity contribution is 0.281. The highest BCUT2D eigenvalue weighted by atomic mass is 16.5. The SMILES string of the molecule is CNC(C)c1ccc(Oc2ccc(CO)cc2)cn1. The number of nitrogens with zero attached hydrogens (tertiary/aromatic N) is 1. The van der Waals surface area contributed by atoms with Crippen LogP contribution in [0.4, 0.5) is 0 Å². The third-order valence-corrected chi connectivity index (χ3v) is 2.98. The van der Waals surface area contributed by atoms with E-state index in [2.05, 4.69) is 17.2 Å². The molecule has 0 radical (unpaired) electrons. The average Bonchev–Trinajstić information content (AvgIpc) is 2.48. The Kier molecular flexibility index (Phi) is 4.49. The van der Waals surface area contributed by atoms with Gasteiger partial charge in [-0.25, -0.2) is 0 Å². The topological polar surface area (TPSA) is 54.4 Å². The summed E-state index contributed by atoms with van der Waals surface area (Å²) in [7, 11) is 1.90. The minimum atomic E-state index is 0.0401. The number of aliphatic hydroxyl groups is 1. The van der Waals surface area contributed by atoms with Crippen LogP contribution in [0.1, 0.15) is 24.2 Å². The van der Waals surface area contributed by atoms with Crippen molar-refractivity contribution in [1.82, 2.24) is 10.3 Å². The van der Waals surface area contributed by atoms with E-state index in [0.717, 1.165) is 17.0 Å². The summed E-state index contributed by atoms with van der Waals surface area (Å²) in [5, 5.41) is 12.1. The van der Waals surface area contributed by atoms with Gasteiger partial charge < -0.3 is 15.2 Å². The Morgan fingerprint density at radius 1 is 1.16 bits per heavy atom. The van der Waals surface area contributed by atoms with Crippen LogP contribution in [0.15, 0.2) is 42.6 Å². The lowest BCUT2D eigenvalue weighted by Crippen LogP contribution is -2.13. The third-order valence-electron chi connectivity index (χ3n) is 2.98. The summed E-state index contributed by atoms with van der Waals surface area (Å²) < 4.78 is 5.68. The van der Waals surface area contributed by atoms with E-state index in [-0.39, 0.29) is 12.6 Å². The van der Waals surface area contributed by atoms with E-state index >= 15 is 0 Å². The van der Waals surface area contributed by atoms with Crippen molar-refractivity contribution in [1.29, 1.82) is 0 Å². The molecule has 4 nitrogen and oxygen atoms in total. The number of ether oxygens (including phenoxy) is 1. The second kappa shape index (κ2) is 6.31. The highest BCUT2D eigenvalue weighted by Gasteiger charge is 2.04. The van der Waals surface area contributed by atoms with E-state index in [9.17, 15) is 0 Å². The monoisotopic (exact) mass is 258 g/mol. The quantitative estimate of drug-likeness (QED) is 0.865. The van der Waals surface area contributed by atoms with Gasteiger partial charge in [0.15, 0.2) is 0 Å². The van der Waals surface area contributed by atoms with E-state index < -0.39 is 0 Å². The van der Waals surface area contributed by atoms with Crippen LogP contribution in [-0.4, -0.2) is 17.1 Å². The molecule has 0 bridgehead atoms. The third kappa shape index (κ3) is 3.53. The Balaban J connectivity index is 2.06. The molecular formula is C15H18N2O2. The Labute approximate surface area is 113 Å². The number of nitrogens with one attached hydrogen (secondary N) is 1. The van der Waals surface area contributed by atoms with Gasteiger partial charge in [0.2, 0.25) is 0 Å². The predicted molar refractivity (Wildman–Crippen MR) is 74.2 cm³/mol. The molecule has 0 spiro atoms. The molecule has 1 unspecified atom stereocenters. The Bertz CT molecular complexity index is 509. The number of rotatable bonds is 5. The predicted octanol–water partition coefficient (Wildman–Crippen LogP) is 2.65. The number of aromatic nitrogens is 1. The summed E-state index contributed by atoms with van der Waals surface area (Å²) in [4.78, 5) is 4.35. The number of pyridine rings is 1. The summed E-state index contributed by atoms with van der Waals surface area (Å²) in [6, 6.07) is 11.4. The van der Waals surface area contributed by atoms with Crippen LogP contribution in [0, 0.1) is 0 Å². The van der Waals surface area contributed by atoms with Gasteiger partial charge >= 0.3 is 0 Å². The smallest absolute Gasteiger partial charge is 0.145 e. The van der Waals surface area contributed by atoms with E-state index in [4.69, 9.17) is 9.84 Å². The van der Waals surface area contributed by atoms with Crippen molar-refractivity contribution < 1.29 is 9.84 Å². The first kappa shape index (κ1) is 13.5. The second-order valence-electron chi connectivity index (χ2n) is 4.33. The maximum atomic E-state index is 8.97. The van der Waals surface area contributed by atoms with Crippen LogP contribution in [-0.2, 0) is 6.61 Å². The van der Waals surface area contributed by atoms with Crippen molar-refractivity contribution in [2.75, 3.05) is 7.05 Å². The summed E-state index contributed by atoms with van der Waals surface area (Å²) in [5.41, 5.74) is 1.84. The zero-order chi connectivity index (χ0) is 13.7. The van der Waals surface area contributed by atoms with Gasteiger partial charge in [0.25, 0.3) is 0 Å². The Hall–Kier alpha value is -1.91. The first-order chi connectivity index (χ1) is 9.22. The molecule has 0 saturated carbocycles. The number of hydrogen-bond donors (Lipinski definition) is 2. The maximum absolute atomic E-state index is 8.97. The van der Waals surface area contributed by atoms with E-state index in [1.807, 2.05) is 43.4 Å². The average molecular weight is 258 g/mol. The molecule has 0 fully saturated rings. The minimum absolute atomic E-state index is 0.0401. The summed E-state index contributed by atoms with van der Waals surface area (Å²) >= 11 is 0. The maximum Gasteiger partial charge on any atom is 0.145 e. The van der Waals surface area contributed by atoms with Gasteiger partial charge in [-0.2, -0.15) is 0 Å². The molecule has 0 aliphatic rings. The van der Waals surface area contributed by atoms with Crippen molar-refractivity contribution in [3.8, 4) is 11.5 Å². The molecule has 0 aliphatic heterocycles. The molecule has 1 aromatic carbocycles. The van der Waals surface area contributed by atoms with Crippen LogP contribution >= 0.6 is 0 Å². The van der Waals surface area contributed by atoms with Crippen molar-refractivity contribution in [3.63, 3.8) is 0 Å². The fraction of sp³-hybridized carbons (Fsp3) is 0.267. The van der Waals surface area contributed by atoms with Crippen LogP contribution in [0.5, 0.6) is 11.5 Å². The Morgan fingerprint density at radius 2 is 1.84 bits per heavy atom. The second-order valence-corrected chi connectivity index (χ2v) is 4.33. The van der Waals surface area contributed by atoms with Gasteiger partial charge in [0.1, 0.15) is 11.5 Å². The fourth-order valence-electron chi connectivity index (χ4n) is 1.66. The van der Waals surface area contributed by atoms with E-state index in [0.29, 0.717) is 5.75 Å². The number of hydrogen-bond acceptors (Lipinski definition) is 4. The normalized spacial score (nSPS) is 12.2. The first-order valence-electron chi connectivity index (χ1n) is 6.24. The zero-order valence-electron chi connectivity index (χ0n) is 11.1. The molecular weight excluding hydrogens is 240 g/mol. The molecule has 2 N–H and O–H groups in total. The molecule has 2 rings (SSSR count). The fourth-order valence-corrected chi connectivity index (χ4v) is 1.66. The number of benzene rings is 1. The van der Waals surface area contributed by atoms with Gasteiger partial charge in [0.05, 0.1) is 18.5 Å². The molecule has 1 atom stereocenters. The summed E-state index contributed by atoms with van der Waals surface area (Å²) in [5.74, 6) is 1.43. The lowest BCUT2D eigenvalue weighted by Gasteiger charge is -2.10. The largest absolute Gasteiger partial charge is 0.456 e. The first-order valence-corrected chi connectivity index (χ1v) is 6.24. The number of aliphatic hydroxyl groups excluding tert-OH is 1. The molecule has 0 saturated heterocycles. The standard InChI is InChI=1S/C15H18N2O2/c1-11(16-2)15-8-7-14(9-17-15)19-13-5-3-12(10-18)4-6-13/h3-9,11,16,18H,10H2,1-2H3. The van der Waals surface area contributed by atoms with Crippen molar-refractivity contribution in [2.24, 2.45) is 0 Å². The molecule has 1 aromatic heterocycles. The van der Waals surface area contributed by atoms with Crippen LogP contribution in [0.2, 0.25) is 0 Å². The van der Waals surface area contributed by atoms with Crippen molar-refractivity contribution >= 4 is 0 Å². The molecule has 100 valence electrons. The van der Waals surface area contributed by atoms with Gasteiger partial charge in [-0.15, -0.1) is 0 Å². The van der Waals surface area contributed by atoms with Crippen molar-refractivity contribution in [3.05, 3.63) is 53.9 Å². The van der Waals surface area contributed by atoms with Gasteiger partial charge in [0, 0.05) is 6.04 Å².